The van der Waals surface area contributed by atoms with Crippen LogP contribution in [0.3, 0.4) is 0 Å². The molecule has 1 fully saturated rings. The molecule has 1 aliphatic heterocycles. The molecule has 15 heavy (non-hydrogen) atoms. The van der Waals surface area contributed by atoms with Gasteiger partial charge >= 0.3 is 0 Å². The van der Waals surface area contributed by atoms with Crippen molar-refractivity contribution in [2.45, 2.75) is 51.2 Å². The average molecular weight is 214 g/mol. The first kappa shape index (κ1) is 12.5. The lowest BCUT2D eigenvalue weighted by atomic mass is 10.2. The Kier molecular flexibility index (Phi) is 7.30. The fraction of sp³-hybridized carbons (Fsp3) is 0.833. The summed E-state index contributed by atoms with van der Waals surface area (Å²) < 4.78 is 11.1. The average Bonchev–Trinajstić information content (AvgIpc) is 2.29. The molecule has 1 saturated heterocycles. The number of aliphatic hydroxyl groups excluding tert-OH is 1. The number of rotatable bonds is 7. The predicted molar refractivity (Wildman–Crippen MR) is 59.8 cm³/mol. The second kappa shape index (κ2) is 8.74. The summed E-state index contributed by atoms with van der Waals surface area (Å²) in [5, 5.41) is 8.42. The molecule has 0 aromatic rings. The van der Waals surface area contributed by atoms with Crippen molar-refractivity contribution >= 4 is 0 Å². The van der Waals surface area contributed by atoms with Gasteiger partial charge in [-0.1, -0.05) is 12.5 Å². The van der Waals surface area contributed by atoms with Crippen LogP contribution >= 0.6 is 0 Å². The first-order valence-corrected chi connectivity index (χ1v) is 5.96. The minimum absolute atomic E-state index is 0.0519. The normalized spacial score (nSPS) is 22.3. The number of allylic oxidation sites excluding steroid dienone is 1. The van der Waals surface area contributed by atoms with Crippen LogP contribution in [0.25, 0.3) is 0 Å². The highest BCUT2D eigenvalue weighted by molar-refractivity contribution is 4.70. The summed E-state index contributed by atoms with van der Waals surface area (Å²) in [5.41, 5.74) is 0. The van der Waals surface area contributed by atoms with E-state index in [4.69, 9.17) is 14.6 Å². The van der Waals surface area contributed by atoms with Gasteiger partial charge in [-0.25, -0.2) is 0 Å². The molecule has 88 valence electrons. The molecule has 0 radical (unpaired) electrons. The summed E-state index contributed by atoms with van der Waals surface area (Å²) in [6.07, 6.45) is 10.7. The summed E-state index contributed by atoms with van der Waals surface area (Å²) in [5.74, 6) is 0. The zero-order chi connectivity index (χ0) is 10.8. The van der Waals surface area contributed by atoms with E-state index in [9.17, 15) is 0 Å². The van der Waals surface area contributed by atoms with Gasteiger partial charge in [0.2, 0.25) is 0 Å². The highest BCUT2D eigenvalue weighted by Gasteiger charge is 2.12. The van der Waals surface area contributed by atoms with E-state index in [-0.39, 0.29) is 6.29 Å². The molecule has 1 N–H and O–H groups in total. The molecule has 0 aromatic heterocycles. The molecule has 0 aliphatic carbocycles. The topological polar surface area (TPSA) is 38.7 Å². The van der Waals surface area contributed by atoms with Gasteiger partial charge in [0.15, 0.2) is 6.29 Å². The molecular formula is C12H22O3. The van der Waals surface area contributed by atoms with E-state index in [1.807, 2.05) is 0 Å². The largest absolute Gasteiger partial charge is 0.516 e. The lowest BCUT2D eigenvalue weighted by Crippen LogP contribution is -2.22. The molecule has 1 heterocycles. The molecule has 1 rings (SSSR count). The number of hydrogen-bond donors (Lipinski definition) is 1. The van der Waals surface area contributed by atoms with Crippen molar-refractivity contribution in [3.05, 3.63) is 12.3 Å². The Hall–Kier alpha value is -0.540. The Morgan fingerprint density at radius 2 is 2.20 bits per heavy atom. The van der Waals surface area contributed by atoms with Gasteiger partial charge in [0, 0.05) is 13.2 Å². The van der Waals surface area contributed by atoms with Gasteiger partial charge in [-0.2, -0.15) is 0 Å². The number of unbranched alkanes of at least 4 members (excludes halogenated alkanes) is 3. The fourth-order valence-corrected chi connectivity index (χ4v) is 1.67. The third-order valence-corrected chi connectivity index (χ3v) is 2.56. The maximum atomic E-state index is 8.42. The van der Waals surface area contributed by atoms with Gasteiger partial charge < -0.3 is 14.6 Å². The molecular weight excluding hydrogens is 192 g/mol. The van der Waals surface area contributed by atoms with Gasteiger partial charge in [-0.3, -0.25) is 0 Å². The lowest BCUT2D eigenvalue weighted by molar-refractivity contribution is -0.162. The standard InChI is InChI=1S/C12H22O3/c13-9-5-2-1-3-6-10-14-12-8-4-7-11-15-12/h5,9,12-13H,1-4,6-8,10-11H2. The van der Waals surface area contributed by atoms with Gasteiger partial charge in [-0.05, 0) is 38.5 Å². The van der Waals surface area contributed by atoms with E-state index < -0.39 is 0 Å². The highest BCUT2D eigenvalue weighted by atomic mass is 16.7. The maximum absolute atomic E-state index is 8.42. The van der Waals surface area contributed by atoms with Crippen molar-refractivity contribution < 1.29 is 14.6 Å². The minimum atomic E-state index is 0.0519. The summed E-state index contributed by atoms with van der Waals surface area (Å²) >= 11 is 0. The minimum Gasteiger partial charge on any atom is -0.516 e. The molecule has 0 bridgehead atoms. The van der Waals surface area contributed by atoms with Gasteiger partial charge in [0.05, 0.1) is 6.26 Å². The smallest absolute Gasteiger partial charge is 0.157 e. The van der Waals surface area contributed by atoms with E-state index >= 15 is 0 Å². The molecule has 0 amide bonds. The number of hydrogen-bond acceptors (Lipinski definition) is 3. The number of aliphatic hydroxyl groups is 1. The third kappa shape index (κ3) is 6.52. The SMILES string of the molecule is OC=CCCCCCOC1CCCCO1. The van der Waals surface area contributed by atoms with Crippen LogP contribution in [0.1, 0.15) is 44.9 Å². The Balaban J connectivity index is 1.83. The van der Waals surface area contributed by atoms with Crippen LogP contribution in [0.5, 0.6) is 0 Å². The highest BCUT2D eigenvalue weighted by Crippen LogP contribution is 2.14. The van der Waals surface area contributed by atoms with Crippen molar-refractivity contribution in [2.75, 3.05) is 13.2 Å². The quantitative estimate of drug-likeness (QED) is 0.522. The maximum Gasteiger partial charge on any atom is 0.157 e. The molecule has 1 unspecified atom stereocenters. The van der Waals surface area contributed by atoms with Crippen molar-refractivity contribution in [3.8, 4) is 0 Å². The van der Waals surface area contributed by atoms with E-state index in [1.165, 1.54) is 12.8 Å². The van der Waals surface area contributed by atoms with Gasteiger partial charge in [-0.15, -0.1) is 0 Å². The third-order valence-electron chi connectivity index (χ3n) is 2.56. The van der Waals surface area contributed by atoms with Crippen LogP contribution in [0, 0.1) is 0 Å². The predicted octanol–water partition coefficient (Wildman–Crippen LogP) is 3.16. The Bertz CT molecular complexity index is 162. The first-order chi connectivity index (χ1) is 7.43. The fourth-order valence-electron chi connectivity index (χ4n) is 1.67. The van der Waals surface area contributed by atoms with Crippen LogP contribution in [-0.4, -0.2) is 24.6 Å². The van der Waals surface area contributed by atoms with E-state index in [2.05, 4.69) is 0 Å². The molecule has 1 atom stereocenters. The van der Waals surface area contributed by atoms with E-state index in [1.54, 1.807) is 6.08 Å². The summed E-state index contributed by atoms with van der Waals surface area (Å²) in [6.45, 7) is 1.65. The van der Waals surface area contributed by atoms with E-state index in [0.717, 1.165) is 51.6 Å². The molecule has 0 aromatic carbocycles. The second-order valence-corrected chi connectivity index (χ2v) is 3.90. The molecule has 3 nitrogen and oxygen atoms in total. The Morgan fingerprint density at radius 3 is 2.93 bits per heavy atom. The monoisotopic (exact) mass is 214 g/mol. The lowest BCUT2D eigenvalue weighted by Gasteiger charge is -2.22. The van der Waals surface area contributed by atoms with Crippen molar-refractivity contribution in [1.82, 2.24) is 0 Å². The molecule has 3 heteroatoms. The van der Waals surface area contributed by atoms with Gasteiger partial charge in [0.25, 0.3) is 0 Å². The van der Waals surface area contributed by atoms with Crippen molar-refractivity contribution in [3.63, 3.8) is 0 Å². The Morgan fingerprint density at radius 1 is 1.27 bits per heavy atom. The first-order valence-electron chi connectivity index (χ1n) is 5.96. The van der Waals surface area contributed by atoms with Gasteiger partial charge in [0.1, 0.15) is 0 Å². The van der Waals surface area contributed by atoms with Crippen LogP contribution < -0.4 is 0 Å². The summed E-state index contributed by atoms with van der Waals surface area (Å²) in [4.78, 5) is 0. The van der Waals surface area contributed by atoms with E-state index in [0.29, 0.717) is 0 Å². The van der Waals surface area contributed by atoms with Crippen LogP contribution in [0.15, 0.2) is 12.3 Å². The van der Waals surface area contributed by atoms with Crippen LogP contribution in [0.2, 0.25) is 0 Å². The molecule has 1 aliphatic rings. The zero-order valence-corrected chi connectivity index (χ0v) is 9.36. The van der Waals surface area contributed by atoms with Crippen molar-refractivity contribution in [1.29, 1.82) is 0 Å². The van der Waals surface area contributed by atoms with Crippen molar-refractivity contribution in [2.24, 2.45) is 0 Å². The molecule has 0 saturated carbocycles. The zero-order valence-electron chi connectivity index (χ0n) is 9.36. The Labute approximate surface area is 92.1 Å². The second-order valence-electron chi connectivity index (χ2n) is 3.90. The van der Waals surface area contributed by atoms with Crippen LogP contribution in [0.4, 0.5) is 0 Å². The van der Waals surface area contributed by atoms with Crippen LogP contribution in [-0.2, 0) is 9.47 Å². The molecule has 0 spiro atoms. The summed E-state index contributed by atoms with van der Waals surface area (Å²) in [7, 11) is 0. The summed E-state index contributed by atoms with van der Waals surface area (Å²) in [6, 6.07) is 0. The number of ether oxygens (including phenoxy) is 2.